The Morgan fingerprint density at radius 2 is 1.79 bits per heavy atom. The van der Waals surface area contributed by atoms with E-state index in [1.165, 1.54) is 6.08 Å². The van der Waals surface area contributed by atoms with Crippen molar-refractivity contribution in [1.82, 2.24) is 10.6 Å². The summed E-state index contributed by atoms with van der Waals surface area (Å²) in [6.07, 6.45) is 4.80. The highest BCUT2D eigenvalue weighted by Gasteiger charge is 2.24. The van der Waals surface area contributed by atoms with Crippen LogP contribution in [0.15, 0.2) is 37.0 Å². The van der Waals surface area contributed by atoms with Gasteiger partial charge in [0.1, 0.15) is 12.1 Å². The van der Waals surface area contributed by atoms with E-state index in [2.05, 4.69) is 23.8 Å². The van der Waals surface area contributed by atoms with E-state index in [0.29, 0.717) is 12.1 Å². The van der Waals surface area contributed by atoms with Crippen molar-refractivity contribution in [3.63, 3.8) is 0 Å². The van der Waals surface area contributed by atoms with Crippen LogP contribution in [0.3, 0.4) is 0 Å². The lowest BCUT2D eigenvalue weighted by atomic mass is 9.89. The second-order valence-electron chi connectivity index (χ2n) is 7.03. The normalized spacial score (nSPS) is 15.0. The maximum Gasteiger partial charge on any atom is 0.320 e. The number of carboxylic acids is 1. The number of primary amides is 1. The van der Waals surface area contributed by atoms with Crippen molar-refractivity contribution in [2.45, 2.75) is 45.2 Å². The van der Waals surface area contributed by atoms with Crippen molar-refractivity contribution in [1.29, 1.82) is 0 Å². The van der Waals surface area contributed by atoms with E-state index in [4.69, 9.17) is 16.6 Å². The predicted molar refractivity (Wildman–Crippen MR) is 110 cm³/mol. The van der Waals surface area contributed by atoms with E-state index in [1.54, 1.807) is 12.2 Å². The first-order valence-corrected chi connectivity index (χ1v) is 9.32. The molecule has 0 fully saturated rings. The monoisotopic (exact) mass is 408 g/mol. The molecule has 0 bridgehead atoms. The van der Waals surface area contributed by atoms with Crippen molar-refractivity contribution in [3.05, 3.63) is 37.0 Å². The first-order chi connectivity index (χ1) is 13.5. The third-order valence-electron chi connectivity index (χ3n) is 4.57. The van der Waals surface area contributed by atoms with Gasteiger partial charge in [-0.1, -0.05) is 45.2 Å². The largest absolute Gasteiger partial charge is 0.480 e. The number of carbonyl (C=O) groups is 4. The fourth-order valence-electron chi connectivity index (χ4n) is 2.36. The third kappa shape index (κ3) is 10.8. The summed E-state index contributed by atoms with van der Waals surface area (Å²) in [7, 11) is 0. The summed E-state index contributed by atoms with van der Waals surface area (Å²) in [5.74, 6) is -2.75. The molecule has 3 amide bonds. The predicted octanol–water partition coefficient (Wildman–Crippen LogP) is 0.226. The van der Waals surface area contributed by atoms with Crippen molar-refractivity contribution in [2.24, 2.45) is 23.3 Å². The molecule has 0 spiro atoms. The third-order valence-corrected chi connectivity index (χ3v) is 4.57. The van der Waals surface area contributed by atoms with Crippen LogP contribution in [0.1, 0.15) is 33.1 Å². The van der Waals surface area contributed by atoms with Crippen molar-refractivity contribution in [3.8, 4) is 0 Å². The molecular formula is C20H32N4O5. The number of nitrogens with two attached hydrogens (primary N) is 2. The zero-order chi connectivity index (χ0) is 22.6. The van der Waals surface area contributed by atoms with Crippen LogP contribution in [0.4, 0.5) is 0 Å². The second kappa shape index (κ2) is 13.3. The highest BCUT2D eigenvalue weighted by molar-refractivity contribution is 5.95. The first kappa shape index (κ1) is 26.1. The summed E-state index contributed by atoms with van der Waals surface area (Å²) in [5.41, 5.74) is 11.0. The van der Waals surface area contributed by atoms with Gasteiger partial charge in [-0.2, -0.15) is 0 Å². The Labute approximate surface area is 171 Å². The fraction of sp³-hybridized carbons (Fsp3) is 0.500. The van der Waals surface area contributed by atoms with Gasteiger partial charge in [-0.15, -0.1) is 0 Å². The SMILES string of the molecule is C=C/C=C\C(=C)C(=O)NCC(C)C(C)CC(NC(=O)CCC(N)C(=O)O)C(N)=O. The number of hydrogen-bond donors (Lipinski definition) is 5. The smallest absolute Gasteiger partial charge is 0.320 e. The standard InChI is InChI=1S/C20H32N4O5/c1-5-6-7-12(2)19(27)23-11-14(4)13(3)10-16(18(22)26)24-17(25)9-8-15(21)20(28)29/h5-7,13-16H,1-2,8-11,21H2,3-4H3,(H2,22,26)(H,23,27)(H,24,25)(H,28,29)/b7-6-. The summed E-state index contributed by atoms with van der Waals surface area (Å²) in [6, 6.07) is -2.05. The van der Waals surface area contributed by atoms with E-state index in [9.17, 15) is 19.2 Å². The molecule has 9 nitrogen and oxygen atoms in total. The van der Waals surface area contributed by atoms with Crippen LogP contribution in [0.2, 0.25) is 0 Å². The Hall–Kier alpha value is -2.94. The quantitative estimate of drug-likeness (QED) is 0.204. The summed E-state index contributed by atoms with van der Waals surface area (Å²) < 4.78 is 0. The highest BCUT2D eigenvalue weighted by Crippen LogP contribution is 2.17. The molecule has 0 aliphatic carbocycles. The van der Waals surface area contributed by atoms with Gasteiger partial charge >= 0.3 is 5.97 Å². The Morgan fingerprint density at radius 1 is 1.17 bits per heavy atom. The van der Waals surface area contributed by atoms with Crippen LogP contribution >= 0.6 is 0 Å². The molecule has 0 aromatic carbocycles. The Kier molecular flexibility index (Phi) is 11.9. The molecule has 0 aromatic rings. The molecule has 0 aromatic heterocycles. The van der Waals surface area contributed by atoms with Crippen LogP contribution in [0.25, 0.3) is 0 Å². The lowest BCUT2D eigenvalue weighted by Gasteiger charge is -2.25. The number of carbonyl (C=O) groups excluding carboxylic acids is 3. The average molecular weight is 408 g/mol. The second-order valence-corrected chi connectivity index (χ2v) is 7.03. The first-order valence-electron chi connectivity index (χ1n) is 9.32. The van der Waals surface area contributed by atoms with Gasteiger partial charge in [0.25, 0.3) is 5.91 Å². The molecule has 4 unspecified atom stereocenters. The maximum absolute atomic E-state index is 12.0. The minimum Gasteiger partial charge on any atom is -0.480 e. The zero-order valence-electron chi connectivity index (χ0n) is 17.0. The molecule has 0 radical (unpaired) electrons. The maximum atomic E-state index is 12.0. The molecule has 0 aliphatic heterocycles. The van der Waals surface area contributed by atoms with E-state index in [0.717, 1.165) is 0 Å². The van der Waals surface area contributed by atoms with Crippen LogP contribution in [0, 0.1) is 11.8 Å². The summed E-state index contributed by atoms with van der Waals surface area (Å²) in [5, 5.41) is 14.0. The molecule has 0 saturated heterocycles. The van der Waals surface area contributed by atoms with Gasteiger partial charge in [-0.05, 0) is 24.7 Å². The lowest BCUT2D eigenvalue weighted by molar-refractivity contribution is -0.139. The molecule has 0 heterocycles. The van der Waals surface area contributed by atoms with Gasteiger partial charge in [0.15, 0.2) is 0 Å². The Bertz CT molecular complexity index is 659. The molecule has 4 atom stereocenters. The average Bonchev–Trinajstić information content (AvgIpc) is 2.66. The molecule has 0 saturated carbocycles. The molecule has 162 valence electrons. The summed E-state index contributed by atoms with van der Waals surface area (Å²) in [6.45, 7) is 11.3. The van der Waals surface area contributed by atoms with Gasteiger partial charge in [0.2, 0.25) is 11.8 Å². The van der Waals surface area contributed by atoms with Gasteiger partial charge in [0, 0.05) is 18.5 Å². The zero-order valence-corrected chi connectivity index (χ0v) is 17.0. The van der Waals surface area contributed by atoms with Crippen LogP contribution in [0.5, 0.6) is 0 Å². The highest BCUT2D eigenvalue weighted by atomic mass is 16.4. The van der Waals surface area contributed by atoms with Crippen LogP contribution < -0.4 is 22.1 Å². The number of carboxylic acid groups (broad SMARTS) is 1. The van der Waals surface area contributed by atoms with Crippen molar-refractivity contribution >= 4 is 23.7 Å². The minimum atomic E-state index is -1.20. The summed E-state index contributed by atoms with van der Waals surface area (Å²) in [4.78, 5) is 46.3. The molecule has 7 N–H and O–H groups in total. The number of aliphatic carboxylic acids is 1. The van der Waals surface area contributed by atoms with E-state index >= 15 is 0 Å². The Balaban J connectivity index is 4.61. The number of rotatable bonds is 14. The van der Waals surface area contributed by atoms with E-state index in [1.807, 2.05) is 13.8 Å². The van der Waals surface area contributed by atoms with Gasteiger partial charge < -0.3 is 27.2 Å². The molecule has 29 heavy (non-hydrogen) atoms. The molecule has 0 aliphatic rings. The summed E-state index contributed by atoms with van der Waals surface area (Å²) >= 11 is 0. The molecule has 0 rings (SSSR count). The van der Waals surface area contributed by atoms with Crippen molar-refractivity contribution in [2.75, 3.05) is 6.54 Å². The number of hydrogen-bond acceptors (Lipinski definition) is 5. The molecule has 9 heteroatoms. The van der Waals surface area contributed by atoms with E-state index < -0.39 is 29.9 Å². The minimum absolute atomic E-state index is 0.00526. The topological polar surface area (TPSA) is 165 Å². The van der Waals surface area contributed by atoms with Crippen LogP contribution in [-0.4, -0.2) is 47.4 Å². The molecular weight excluding hydrogens is 376 g/mol. The fourth-order valence-corrected chi connectivity index (χ4v) is 2.36. The van der Waals surface area contributed by atoms with Gasteiger partial charge in [-0.25, -0.2) is 0 Å². The van der Waals surface area contributed by atoms with E-state index in [-0.39, 0.29) is 37.0 Å². The number of nitrogens with one attached hydrogen (secondary N) is 2. The Morgan fingerprint density at radius 3 is 2.31 bits per heavy atom. The number of amides is 3. The lowest BCUT2D eigenvalue weighted by Crippen LogP contribution is -2.46. The van der Waals surface area contributed by atoms with Gasteiger partial charge in [0.05, 0.1) is 0 Å². The number of allylic oxidation sites excluding steroid dienone is 2. The van der Waals surface area contributed by atoms with Crippen molar-refractivity contribution < 1.29 is 24.3 Å². The van der Waals surface area contributed by atoms with Gasteiger partial charge in [-0.3, -0.25) is 19.2 Å². The van der Waals surface area contributed by atoms with Crippen LogP contribution in [-0.2, 0) is 19.2 Å².